The van der Waals surface area contributed by atoms with Crippen molar-refractivity contribution in [3.8, 4) is 0 Å². The maximum atomic E-state index is 11.6. The van der Waals surface area contributed by atoms with Crippen molar-refractivity contribution >= 4 is 5.97 Å². The van der Waals surface area contributed by atoms with E-state index >= 15 is 0 Å². The molecule has 1 saturated heterocycles. The van der Waals surface area contributed by atoms with Crippen molar-refractivity contribution in [3.05, 3.63) is 0 Å². The molecular weight excluding hydrogens is 218 g/mol. The van der Waals surface area contributed by atoms with Crippen molar-refractivity contribution in [2.24, 2.45) is 5.73 Å². The summed E-state index contributed by atoms with van der Waals surface area (Å²) >= 11 is 0. The number of carbonyl (C=O) groups is 1. The van der Waals surface area contributed by atoms with E-state index < -0.39 is 0 Å². The van der Waals surface area contributed by atoms with E-state index in [2.05, 4.69) is 23.8 Å². The molecule has 2 N–H and O–H groups in total. The molecule has 17 heavy (non-hydrogen) atoms. The fraction of sp³-hybridized carbons (Fsp3) is 0.917. The maximum absolute atomic E-state index is 11.6. The van der Waals surface area contributed by atoms with E-state index in [1.807, 2.05) is 0 Å². The summed E-state index contributed by atoms with van der Waals surface area (Å²) < 4.78 is 5.17. The Hall–Kier alpha value is -0.650. The van der Waals surface area contributed by atoms with Crippen molar-refractivity contribution in [1.29, 1.82) is 0 Å². The molecule has 1 heterocycles. The molecular formula is C12H25N3O2. The highest BCUT2D eigenvalue weighted by Gasteiger charge is 2.25. The van der Waals surface area contributed by atoms with Crippen LogP contribution in [0.4, 0.5) is 0 Å². The van der Waals surface area contributed by atoms with Gasteiger partial charge in [-0.1, -0.05) is 13.3 Å². The molecule has 5 heteroatoms. The summed E-state index contributed by atoms with van der Waals surface area (Å²) in [6.07, 6.45) is 1.99. The second-order valence-electron chi connectivity index (χ2n) is 4.70. The van der Waals surface area contributed by atoms with Crippen LogP contribution in [0.25, 0.3) is 0 Å². The van der Waals surface area contributed by atoms with Gasteiger partial charge in [0.05, 0.1) is 13.2 Å². The van der Waals surface area contributed by atoms with Crippen molar-refractivity contribution in [1.82, 2.24) is 9.80 Å². The Morgan fingerprint density at radius 1 is 1.47 bits per heavy atom. The zero-order valence-corrected chi connectivity index (χ0v) is 11.0. The highest BCUT2D eigenvalue weighted by atomic mass is 16.5. The third kappa shape index (κ3) is 5.02. The summed E-state index contributed by atoms with van der Waals surface area (Å²) in [5, 5.41) is 0. The molecule has 5 nitrogen and oxygen atoms in total. The average molecular weight is 243 g/mol. The number of nitrogens with two attached hydrogens (primary N) is 1. The van der Waals surface area contributed by atoms with E-state index in [9.17, 15) is 4.79 Å². The number of nitrogens with zero attached hydrogens (tertiary/aromatic N) is 2. The molecule has 1 unspecified atom stereocenters. The molecule has 0 spiro atoms. The third-order valence-corrected chi connectivity index (χ3v) is 3.17. The number of ether oxygens (including phenoxy) is 1. The van der Waals surface area contributed by atoms with Gasteiger partial charge in [-0.3, -0.25) is 9.69 Å². The molecule has 0 saturated carbocycles. The molecule has 1 atom stereocenters. The lowest BCUT2D eigenvalue weighted by molar-refractivity contribution is -0.146. The van der Waals surface area contributed by atoms with E-state index in [4.69, 9.17) is 10.5 Å². The smallest absolute Gasteiger partial charge is 0.320 e. The summed E-state index contributed by atoms with van der Waals surface area (Å²) in [5.74, 6) is -0.124. The fourth-order valence-corrected chi connectivity index (χ4v) is 2.02. The number of likely N-dealkylation sites (N-methyl/N-ethyl adjacent to an activating group) is 1. The van der Waals surface area contributed by atoms with Crippen LogP contribution in [0, 0.1) is 0 Å². The highest BCUT2D eigenvalue weighted by Crippen LogP contribution is 2.07. The minimum absolute atomic E-state index is 0.124. The number of rotatable bonds is 6. The van der Waals surface area contributed by atoms with Crippen molar-refractivity contribution in [2.75, 3.05) is 46.4 Å². The molecule has 0 aromatic rings. The molecule has 0 radical (unpaired) electrons. The van der Waals surface area contributed by atoms with Gasteiger partial charge in [0.1, 0.15) is 0 Å². The summed E-state index contributed by atoms with van der Waals surface area (Å²) in [6, 6.07) is 0.271. The molecule has 0 amide bonds. The number of hydrogen-bond donors (Lipinski definition) is 1. The van der Waals surface area contributed by atoms with Gasteiger partial charge in [-0.2, -0.15) is 0 Å². The average Bonchev–Trinajstić information content (AvgIpc) is 2.32. The minimum Gasteiger partial charge on any atom is -0.465 e. The van der Waals surface area contributed by atoms with Gasteiger partial charge in [0, 0.05) is 32.2 Å². The standard InChI is InChI=1S/C12H25N3O2/c1-3-4-7-17-12(16)10-15-6-5-14(2)9-11(15)8-13/h11H,3-10,13H2,1-2H3. The Labute approximate surface area is 104 Å². The number of unbranched alkanes of at least 4 members (excludes halogenated alkanes) is 1. The van der Waals surface area contributed by atoms with Crippen molar-refractivity contribution in [2.45, 2.75) is 25.8 Å². The SMILES string of the molecule is CCCCOC(=O)CN1CCN(C)CC1CN. The second kappa shape index (κ2) is 7.63. The van der Waals surface area contributed by atoms with E-state index in [-0.39, 0.29) is 12.0 Å². The van der Waals surface area contributed by atoms with Crippen LogP contribution in [0.3, 0.4) is 0 Å². The molecule has 1 aliphatic rings. The van der Waals surface area contributed by atoms with Crippen LogP contribution in [0.1, 0.15) is 19.8 Å². The number of esters is 1. The Bertz CT molecular complexity index is 236. The molecule has 1 fully saturated rings. The lowest BCUT2D eigenvalue weighted by atomic mass is 10.2. The zero-order valence-electron chi connectivity index (χ0n) is 11.0. The zero-order chi connectivity index (χ0) is 12.7. The van der Waals surface area contributed by atoms with Crippen LogP contribution in [0.2, 0.25) is 0 Å². The van der Waals surface area contributed by atoms with Gasteiger partial charge in [0.15, 0.2) is 0 Å². The van der Waals surface area contributed by atoms with Gasteiger partial charge in [-0.15, -0.1) is 0 Å². The first-order valence-electron chi connectivity index (χ1n) is 6.45. The quantitative estimate of drug-likeness (QED) is 0.522. The summed E-state index contributed by atoms with van der Waals surface area (Å²) in [6.45, 7) is 6.39. The molecule has 1 aliphatic heterocycles. The van der Waals surface area contributed by atoms with Gasteiger partial charge < -0.3 is 15.4 Å². The Kier molecular flexibility index (Phi) is 6.47. The van der Waals surface area contributed by atoms with Crippen LogP contribution >= 0.6 is 0 Å². The predicted molar refractivity (Wildman–Crippen MR) is 67.8 cm³/mol. The van der Waals surface area contributed by atoms with Crippen LogP contribution in [-0.2, 0) is 9.53 Å². The van der Waals surface area contributed by atoms with Crippen LogP contribution in [0.5, 0.6) is 0 Å². The van der Waals surface area contributed by atoms with Crippen molar-refractivity contribution < 1.29 is 9.53 Å². The molecule has 100 valence electrons. The topological polar surface area (TPSA) is 58.8 Å². The highest BCUT2D eigenvalue weighted by molar-refractivity contribution is 5.71. The Morgan fingerprint density at radius 2 is 2.24 bits per heavy atom. The lowest BCUT2D eigenvalue weighted by Gasteiger charge is -2.38. The fourth-order valence-electron chi connectivity index (χ4n) is 2.02. The van der Waals surface area contributed by atoms with E-state index in [1.54, 1.807) is 0 Å². The normalized spacial score (nSPS) is 22.6. The molecule has 0 bridgehead atoms. The Morgan fingerprint density at radius 3 is 2.88 bits per heavy atom. The predicted octanol–water partition coefficient (Wildman–Crippen LogP) is -0.0956. The van der Waals surface area contributed by atoms with Gasteiger partial charge in [0.2, 0.25) is 0 Å². The van der Waals surface area contributed by atoms with Gasteiger partial charge in [0.25, 0.3) is 0 Å². The van der Waals surface area contributed by atoms with Crippen LogP contribution in [0.15, 0.2) is 0 Å². The monoisotopic (exact) mass is 243 g/mol. The lowest BCUT2D eigenvalue weighted by Crippen LogP contribution is -2.56. The Balaban J connectivity index is 2.31. The number of carbonyl (C=O) groups excluding carboxylic acids is 1. The molecule has 0 aromatic heterocycles. The first kappa shape index (κ1) is 14.4. The summed E-state index contributed by atoms with van der Waals surface area (Å²) in [5.41, 5.74) is 5.73. The summed E-state index contributed by atoms with van der Waals surface area (Å²) in [4.78, 5) is 16.0. The first-order valence-corrected chi connectivity index (χ1v) is 6.45. The maximum Gasteiger partial charge on any atom is 0.320 e. The van der Waals surface area contributed by atoms with Gasteiger partial charge in [-0.05, 0) is 13.5 Å². The van der Waals surface area contributed by atoms with Crippen LogP contribution < -0.4 is 5.73 Å². The first-order chi connectivity index (χ1) is 8.17. The molecule has 1 rings (SSSR count). The van der Waals surface area contributed by atoms with Crippen molar-refractivity contribution in [3.63, 3.8) is 0 Å². The number of hydrogen-bond acceptors (Lipinski definition) is 5. The van der Waals surface area contributed by atoms with Gasteiger partial charge in [-0.25, -0.2) is 0 Å². The minimum atomic E-state index is -0.124. The van der Waals surface area contributed by atoms with Crippen LogP contribution in [-0.4, -0.2) is 68.2 Å². The number of piperazine rings is 1. The third-order valence-electron chi connectivity index (χ3n) is 3.17. The van der Waals surface area contributed by atoms with E-state index in [1.165, 1.54) is 0 Å². The van der Waals surface area contributed by atoms with E-state index in [0.29, 0.717) is 19.7 Å². The van der Waals surface area contributed by atoms with Gasteiger partial charge >= 0.3 is 5.97 Å². The second-order valence-corrected chi connectivity index (χ2v) is 4.70. The summed E-state index contributed by atoms with van der Waals surface area (Å²) in [7, 11) is 2.08. The van der Waals surface area contributed by atoms with E-state index in [0.717, 1.165) is 32.5 Å². The molecule has 0 aliphatic carbocycles. The molecule has 0 aromatic carbocycles. The largest absolute Gasteiger partial charge is 0.465 e.